The van der Waals surface area contributed by atoms with E-state index in [0.717, 1.165) is 6.07 Å². The van der Waals surface area contributed by atoms with E-state index >= 15 is 0 Å². The SMILES string of the molecule is CC(C)(C)[C@@H](N)c1c(Cl)ccc(F)c1O.Cl. The molecule has 5 heteroatoms. The summed E-state index contributed by atoms with van der Waals surface area (Å²) in [6, 6.07) is 2.01. The average molecular weight is 268 g/mol. The molecule has 1 aromatic carbocycles. The summed E-state index contributed by atoms with van der Waals surface area (Å²) >= 11 is 5.90. The van der Waals surface area contributed by atoms with Crippen molar-refractivity contribution in [3.05, 3.63) is 28.5 Å². The van der Waals surface area contributed by atoms with Crippen molar-refractivity contribution in [1.29, 1.82) is 0 Å². The van der Waals surface area contributed by atoms with Gasteiger partial charge in [-0.2, -0.15) is 0 Å². The van der Waals surface area contributed by atoms with E-state index in [1.807, 2.05) is 20.8 Å². The molecule has 0 bridgehead atoms. The van der Waals surface area contributed by atoms with E-state index in [2.05, 4.69) is 0 Å². The Hall–Kier alpha value is -0.510. The monoisotopic (exact) mass is 267 g/mol. The second kappa shape index (κ2) is 5.21. The van der Waals surface area contributed by atoms with Gasteiger partial charge in [-0.15, -0.1) is 12.4 Å². The van der Waals surface area contributed by atoms with E-state index in [-0.39, 0.29) is 28.4 Å². The summed E-state index contributed by atoms with van der Waals surface area (Å²) in [5.41, 5.74) is 5.90. The van der Waals surface area contributed by atoms with Crippen molar-refractivity contribution in [3.63, 3.8) is 0 Å². The Kier molecular flexibility index (Phi) is 5.05. The van der Waals surface area contributed by atoms with Gasteiger partial charge in [-0.3, -0.25) is 0 Å². The van der Waals surface area contributed by atoms with Gasteiger partial charge in [0.1, 0.15) is 0 Å². The highest BCUT2D eigenvalue weighted by molar-refractivity contribution is 6.31. The molecule has 1 aromatic rings. The van der Waals surface area contributed by atoms with E-state index in [1.165, 1.54) is 6.07 Å². The first-order chi connectivity index (χ1) is 6.75. The van der Waals surface area contributed by atoms with Crippen LogP contribution in [0.15, 0.2) is 12.1 Å². The number of halogens is 3. The maximum atomic E-state index is 13.1. The van der Waals surface area contributed by atoms with Crippen LogP contribution in [-0.4, -0.2) is 5.11 Å². The molecular weight excluding hydrogens is 252 g/mol. The van der Waals surface area contributed by atoms with Crippen molar-refractivity contribution < 1.29 is 9.50 Å². The summed E-state index contributed by atoms with van der Waals surface area (Å²) in [5, 5.41) is 9.86. The molecule has 0 aromatic heterocycles. The lowest BCUT2D eigenvalue weighted by molar-refractivity contribution is 0.314. The Labute approximate surface area is 106 Å². The topological polar surface area (TPSA) is 46.2 Å². The number of benzene rings is 1. The van der Waals surface area contributed by atoms with Crippen molar-refractivity contribution in [1.82, 2.24) is 0 Å². The van der Waals surface area contributed by atoms with E-state index in [0.29, 0.717) is 0 Å². The summed E-state index contributed by atoms with van der Waals surface area (Å²) < 4.78 is 13.1. The van der Waals surface area contributed by atoms with Crippen LogP contribution >= 0.6 is 24.0 Å². The molecule has 0 saturated carbocycles. The lowest BCUT2D eigenvalue weighted by Gasteiger charge is -2.28. The van der Waals surface area contributed by atoms with E-state index in [4.69, 9.17) is 17.3 Å². The first kappa shape index (κ1) is 15.5. The fourth-order valence-electron chi connectivity index (χ4n) is 1.29. The maximum Gasteiger partial charge on any atom is 0.165 e. The van der Waals surface area contributed by atoms with Gasteiger partial charge in [0.05, 0.1) is 0 Å². The van der Waals surface area contributed by atoms with Gasteiger partial charge in [0.2, 0.25) is 0 Å². The van der Waals surface area contributed by atoms with E-state index in [1.54, 1.807) is 0 Å². The fraction of sp³-hybridized carbons (Fsp3) is 0.455. The number of nitrogens with two attached hydrogens (primary N) is 1. The van der Waals surface area contributed by atoms with Crippen LogP contribution < -0.4 is 5.73 Å². The van der Waals surface area contributed by atoms with Crippen LogP contribution in [0.4, 0.5) is 4.39 Å². The lowest BCUT2D eigenvalue weighted by atomic mass is 9.82. The highest BCUT2D eigenvalue weighted by atomic mass is 35.5. The van der Waals surface area contributed by atoms with Crippen LogP contribution in [0.5, 0.6) is 5.75 Å². The fourth-order valence-corrected chi connectivity index (χ4v) is 1.56. The highest BCUT2D eigenvalue weighted by Gasteiger charge is 2.28. The molecule has 1 atom stereocenters. The van der Waals surface area contributed by atoms with E-state index in [9.17, 15) is 9.50 Å². The standard InChI is InChI=1S/C11H15ClFNO.ClH/c1-11(2,3)10(14)8-6(12)4-5-7(13)9(8)15;/h4-5,10,15H,14H2,1-3H3;1H/t10-;/m0./s1. The first-order valence-electron chi connectivity index (χ1n) is 4.67. The lowest BCUT2D eigenvalue weighted by Crippen LogP contribution is -2.26. The zero-order chi connectivity index (χ0) is 11.8. The molecule has 0 aliphatic carbocycles. The molecule has 0 spiro atoms. The minimum absolute atomic E-state index is 0. The predicted molar refractivity (Wildman–Crippen MR) is 66.7 cm³/mol. The third kappa shape index (κ3) is 3.00. The zero-order valence-corrected chi connectivity index (χ0v) is 11.0. The normalized spacial score (nSPS) is 13.1. The smallest absolute Gasteiger partial charge is 0.165 e. The quantitative estimate of drug-likeness (QED) is 0.816. The van der Waals surface area contributed by atoms with Crippen LogP contribution in [0.2, 0.25) is 5.02 Å². The number of rotatable bonds is 1. The third-order valence-electron chi connectivity index (χ3n) is 2.36. The molecule has 0 saturated heterocycles. The van der Waals surface area contributed by atoms with Crippen molar-refractivity contribution in [2.45, 2.75) is 26.8 Å². The molecule has 16 heavy (non-hydrogen) atoms. The summed E-state index contributed by atoms with van der Waals surface area (Å²) in [4.78, 5) is 0. The number of phenolic OH excluding ortho intramolecular Hbond substituents is 1. The maximum absolute atomic E-state index is 13.1. The minimum atomic E-state index is -0.700. The molecule has 0 unspecified atom stereocenters. The van der Waals surface area contributed by atoms with Crippen LogP contribution in [0, 0.1) is 11.2 Å². The van der Waals surface area contributed by atoms with Crippen LogP contribution in [0.25, 0.3) is 0 Å². The summed E-state index contributed by atoms with van der Waals surface area (Å²) in [7, 11) is 0. The molecule has 0 aliphatic rings. The Bertz CT molecular complexity index is 377. The average Bonchev–Trinajstić information content (AvgIpc) is 2.10. The molecule has 0 aliphatic heterocycles. The Balaban J connectivity index is 0.00000225. The molecule has 0 amide bonds. The molecule has 0 heterocycles. The number of hydrogen-bond acceptors (Lipinski definition) is 2. The molecule has 0 radical (unpaired) electrons. The second-order valence-electron chi connectivity index (χ2n) is 4.64. The molecular formula is C11H16Cl2FNO. The largest absolute Gasteiger partial charge is 0.505 e. The van der Waals surface area contributed by atoms with Crippen molar-refractivity contribution in [3.8, 4) is 5.75 Å². The summed E-state index contributed by atoms with van der Waals surface area (Å²) in [6.45, 7) is 5.70. The van der Waals surface area contributed by atoms with Crippen LogP contribution in [0.3, 0.4) is 0 Å². The summed E-state index contributed by atoms with van der Waals surface area (Å²) in [5.74, 6) is -1.15. The van der Waals surface area contributed by atoms with Gasteiger partial charge in [-0.05, 0) is 17.5 Å². The van der Waals surface area contributed by atoms with Gasteiger partial charge >= 0.3 is 0 Å². The van der Waals surface area contributed by atoms with Crippen molar-refractivity contribution in [2.75, 3.05) is 0 Å². The molecule has 2 nitrogen and oxygen atoms in total. The van der Waals surface area contributed by atoms with Gasteiger partial charge in [0.15, 0.2) is 11.6 Å². The van der Waals surface area contributed by atoms with Gasteiger partial charge in [0, 0.05) is 16.6 Å². The second-order valence-corrected chi connectivity index (χ2v) is 5.04. The minimum Gasteiger partial charge on any atom is -0.505 e. The van der Waals surface area contributed by atoms with Gasteiger partial charge in [0.25, 0.3) is 0 Å². The highest BCUT2D eigenvalue weighted by Crippen LogP contribution is 2.40. The number of phenols is 1. The van der Waals surface area contributed by atoms with Crippen molar-refractivity contribution in [2.24, 2.45) is 11.1 Å². The molecule has 3 N–H and O–H groups in total. The molecule has 92 valence electrons. The Morgan fingerprint density at radius 1 is 1.38 bits per heavy atom. The zero-order valence-electron chi connectivity index (χ0n) is 9.42. The summed E-state index contributed by atoms with van der Waals surface area (Å²) in [6.07, 6.45) is 0. The third-order valence-corrected chi connectivity index (χ3v) is 2.69. The Morgan fingerprint density at radius 3 is 2.31 bits per heavy atom. The van der Waals surface area contributed by atoms with Gasteiger partial charge in [-0.25, -0.2) is 4.39 Å². The number of aromatic hydroxyl groups is 1. The van der Waals surface area contributed by atoms with Gasteiger partial charge in [-0.1, -0.05) is 32.4 Å². The van der Waals surface area contributed by atoms with Crippen molar-refractivity contribution >= 4 is 24.0 Å². The van der Waals surface area contributed by atoms with E-state index < -0.39 is 17.6 Å². The first-order valence-corrected chi connectivity index (χ1v) is 5.05. The molecule has 0 fully saturated rings. The predicted octanol–water partition coefficient (Wildman–Crippen LogP) is 3.65. The van der Waals surface area contributed by atoms with Crippen LogP contribution in [-0.2, 0) is 0 Å². The molecule has 1 rings (SSSR count). The van der Waals surface area contributed by atoms with Gasteiger partial charge < -0.3 is 10.8 Å². The van der Waals surface area contributed by atoms with Crippen LogP contribution in [0.1, 0.15) is 32.4 Å². The Morgan fingerprint density at radius 2 is 1.88 bits per heavy atom. The number of hydrogen-bond donors (Lipinski definition) is 2.